The van der Waals surface area contributed by atoms with Crippen molar-refractivity contribution in [1.29, 1.82) is 0 Å². The molecule has 0 aliphatic rings. The van der Waals surface area contributed by atoms with Gasteiger partial charge in [0.2, 0.25) is 0 Å². The van der Waals surface area contributed by atoms with Gasteiger partial charge >= 0.3 is 11.9 Å². The van der Waals surface area contributed by atoms with Crippen LogP contribution in [0.5, 0.6) is 0 Å². The van der Waals surface area contributed by atoms with Gasteiger partial charge < -0.3 is 9.84 Å². The van der Waals surface area contributed by atoms with Gasteiger partial charge in [-0.1, -0.05) is 138 Å². The Hall–Kier alpha value is -2.62. The predicted molar refractivity (Wildman–Crippen MR) is 190 cm³/mol. The molecule has 0 amide bonds. The minimum Gasteiger partial charge on any atom is -0.481 e. The second kappa shape index (κ2) is 34.9. The Morgan fingerprint density at radius 2 is 1.02 bits per heavy atom. The molecule has 0 aromatic heterocycles. The van der Waals surface area contributed by atoms with Gasteiger partial charge in [0.15, 0.2) is 0 Å². The Morgan fingerprint density at radius 3 is 1.61 bits per heavy atom. The van der Waals surface area contributed by atoms with Gasteiger partial charge in [-0.15, -0.1) is 0 Å². The first-order chi connectivity index (χ1) is 21.6. The summed E-state index contributed by atoms with van der Waals surface area (Å²) in [5.41, 5.74) is 0. The zero-order chi connectivity index (χ0) is 32.2. The van der Waals surface area contributed by atoms with Gasteiger partial charge in [0.1, 0.15) is 6.10 Å². The lowest BCUT2D eigenvalue weighted by molar-refractivity contribution is -0.147. The fourth-order valence-electron chi connectivity index (χ4n) is 4.78. The normalized spacial score (nSPS) is 13.1. The van der Waals surface area contributed by atoms with Crippen molar-refractivity contribution in [3.05, 3.63) is 72.9 Å². The highest BCUT2D eigenvalue weighted by Gasteiger charge is 2.11. The van der Waals surface area contributed by atoms with E-state index in [-0.39, 0.29) is 18.5 Å². The van der Waals surface area contributed by atoms with E-state index in [1.165, 1.54) is 44.9 Å². The number of ether oxygens (including phenoxy) is 1. The number of carboxylic acid groups (broad SMARTS) is 1. The molecule has 0 bridgehead atoms. The molecule has 1 atom stereocenters. The number of hydrogen-bond donors (Lipinski definition) is 1. The molecule has 0 spiro atoms. The van der Waals surface area contributed by atoms with Crippen molar-refractivity contribution in [2.75, 3.05) is 0 Å². The molecule has 0 radical (unpaired) electrons. The van der Waals surface area contributed by atoms with Crippen LogP contribution in [0.4, 0.5) is 0 Å². The molecule has 0 aromatic carbocycles. The van der Waals surface area contributed by atoms with Crippen molar-refractivity contribution in [3.63, 3.8) is 0 Å². The fourth-order valence-corrected chi connectivity index (χ4v) is 4.78. The van der Waals surface area contributed by atoms with Gasteiger partial charge in [-0.3, -0.25) is 9.59 Å². The topological polar surface area (TPSA) is 63.6 Å². The van der Waals surface area contributed by atoms with E-state index >= 15 is 0 Å². The van der Waals surface area contributed by atoms with E-state index in [9.17, 15) is 9.59 Å². The molecule has 44 heavy (non-hydrogen) atoms. The molecule has 0 aromatic rings. The van der Waals surface area contributed by atoms with Gasteiger partial charge in [0, 0.05) is 12.8 Å². The molecule has 1 N–H and O–H groups in total. The van der Waals surface area contributed by atoms with Crippen molar-refractivity contribution >= 4 is 11.9 Å². The summed E-state index contributed by atoms with van der Waals surface area (Å²) in [6, 6.07) is 0. The van der Waals surface area contributed by atoms with Crippen molar-refractivity contribution in [1.82, 2.24) is 0 Å². The molecule has 0 aliphatic heterocycles. The van der Waals surface area contributed by atoms with E-state index in [4.69, 9.17) is 9.84 Å². The van der Waals surface area contributed by atoms with Gasteiger partial charge in [-0.25, -0.2) is 0 Å². The summed E-state index contributed by atoms with van der Waals surface area (Å²) in [4.78, 5) is 23.2. The number of allylic oxidation sites excluding steroid dienone is 11. The molecule has 0 aliphatic carbocycles. The van der Waals surface area contributed by atoms with Crippen molar-refractivity contribution in [3.8, 4) is 0 Å². The van der Waals surface area contributed by atoms with Crippen LogP contribution in [0.1, 0.15) is 162 Å². The van der Waals surface area contributed by atoms with Crippen LogP contribution in [-0.4, -0.2) is 23.1 Å². The van der Waals surface area contributed by atoms with E-state index in [1.54, 1.807) is 0 Å². The molecule has 4 nitrogen and oxygen atoms in total. The smallest absolute Gasteiger partial charge is 0.306 e. The lowest BCUT2D eigenvalue weighted by atomic mass is 10.1. The highest BCUT2D eigenvalue weighted by Crippen LogP contribution is 2.15. The fraction of sp³-hybridized carbons (Fsp3) is 0.650. The van der Waals surface area contributed by atoms with Crippen molar-refractivity contribution in [2.24, 2.45) is 0 Å². The molecule has 0 saturated heterocycles. The third-order valence-electron chi connectivity index (χ3n) is 7.38. The maximum Gasteiger partial charge on any atom is 0.306 e. The Bertz CT molecular complexity index is 830. The number of carbonyl (C=O) groups is 2. The highest BCUT2D eigenvalue weighted by atomic mass is 16.5. The van der Waals surface area contributed by atoms with E-state index in [1.807, 2.05) is 6.08 Å². The van der Waals surface area contributed by atoms with Crippen LogP contribution in [0.15, 0.2) is 72.9 Å². The lowest BCUT2D eigenvalue weighted by Crippen LogP contribution is -2.16. The standard InChI is InChI=1S/C40H66O4/c1-3-5-7-9-11-12-13-14-15-16-17-18-19-20-21-22-23-24-25-27-33-37-40(43)44-38(34-30-26-10-8-6-4-2)35-31-28-29-32-36-39(41)42/h5,7-8,10-12,14-15,17-18,30,34,38H,3-4,6,9,13,16,19-29,31-33,35-37H2,1-2H3,(H,41,42)/b7-5-,10-8-,12-11-,15-14-,18-17-,34-30-. The summed E-state index contributed by atoms with van der Waals surface area (Å²) in [5.74, 6) is -0.827. The van der Waals surface area contributed by atoms with Gasteiger partial charge in [0.05, 0.1) is 0 Å². The summed E-state index contributed by atoms with van der Waals surface area (Å²) in [6.07, 6.45) is 49.4. The quantitative estimate of drug-likeness (QED) is 0.0482. The van der Waals surface area contributed by atoms with Gasteiger partial charge in [-0.05, 0) is 83.1 Å². The number of unbranched alkanes of at least 4 members (excludes halogenated alkanes) is 12. The summed E-state index contributed by atoms with van der Waals surface area (Å²) >= 11 is 0. The lowest BCUT2D eigenvalue weighted by Gasteiger charge is -2.14. The molecule has 0 rings (SSSR count). The first kappa shape index (κ1) is 41.4. The summed E-state index contributed by atoms with van der Waals surface area (Å²) in [5, 5.41) is 8.79. The van der Waals surface area contributed by atoms with Crippen LogP contribution in [0.25, 0.3) is 0 Å². The Kier molecular flexibility index (Phi) is 32.8. The number of aliphatic carboxylic acids is 1. The van der Waals surface area contributed by atoms with E-state index < -0.39 is 5.97 Å². The average Bonchev–Trinajstić information content (AvgIpc) is 3.01. The van der Waals surface area contributed by atoms with Crippen molar-refractivity contribution < 1.29 is 19.4 Å². The zero-order valence-corrected chi connectivity index (χ0v) is 28.4. The second-order valence-electron chi connectivity index (χ2n) is 11.7. The van der Waals surface area contributed by atoms with E-state index in [0.717, 1.165) is 83.5 Å². The monoisotopic (exact) mass is 610 g/mol. The van der Waals surface area contributed by atoms with Crippen LogP contribution < -0.4 is 0 Å². The van der Waals surface area contributed by atoms with Crippen LogP contribution in [0, 0.1) is 0 Å². The Balaban J connectivity index is 3.90. The molecule has 4 heteroatoms. The third-order valence-corrected chi connectivity index (χ3v) is 7.38. The van der Waals surface area contributed by atoms with Crippen LogP contribution in [0.3, 0.4) is 0 Å². The predicted octanol–water partition coefficient (Wildman–Crippen LogP) is 12.3. The molecular weight excluding hydrogens is 544 g/mol. The van der Waals surface area contributed by atoms with Crippen LogP contribution in [-0.2, 0) is 14.3 Å². The molecule has 0 fully saturated rings. The number of rotatable bonds is 31. The van der Waals surface area contributed by atoms with Gasteiger partial charge in [-0.2, -0.15) is 0 Å². The summed E-state index contributed by atoms with van der Waals surface area (Å²) in [6.45, 7) is 4.33. The number of hydrogen-bond acceptors (Lipinski definition) is 3. The first-order valence-electron chi connectivity index (χ1n) is 17.9. The Morgan fingerprint density at radius 1 is 0.545 bits per heavy atom. The SMILES string of the molecule is CC/C=C\C/C=C\C/C=C\C/C=C\CCCCCCCCCCC(=O)OC(/C=C\C/C=C\CCC)CCCCCCC(=O)O. The van der Waals surface area contributed by atoms with Gasteiger partial charge in [0.25, 0.3) is 0 Å². The number of carboxylic acids is 1. The number of esters is 1. The van der Waals surface area contributed by atoms with Crippen molar-refractivity contribution in [2.45, 2.75) is 168 Å². The molecule has 0 saturated carbocycles. The molecular formula is C40H66O4. The summed E-state index contributed by atoms with van der Waals surface area (Å²) in [7, 11) is 0. The maximum absolute atomic E-state index is 12.5. The first-order valence-corrected chi connectivity index (χ1v) is 17.9. The zero-order valence-electron chi connectivity index (χ0n) is 28.4. The maximum atomic E-state index is 12.5. The third kappa shape index (κ3) is 33.9. The molecule has 250 valence electrons. The van der Waals surface area contributed by atoms with Crippen LogP contribution >= 0.6 is 0 Å². The highest BCUT2D eigenvalue weighted by molar-refractivity contribution is 5.69. The van der Waals surface area contributed by atoms with E-state index in [0.29, 0.717) is 12.8 Å². The Labute approximate surface area is 271 Å². The minimum atomic E-state index is -0.732. The minimum absolute atomic E-state index is 0.0945. The second-order valence-corrected chi connectivity index (χ2v) is 11.7. The molecule has 1 unspecified atom stereocenters. The summed E-state index contributed by atoms with van der Waals surface area (Å²) < 4.78 is 5.81. The van der Waals surface area contributed by atoms with Crippen LogP contribution in [0.2, 0.25) is 0 Å². The van der Waals surface area contributed by atoms with E-state index in [2.05, 4.69) is 80.7 Å². The average molecular weight is 611 g/mol. The number of carbonyl (C=O) groups excluding carboxylic acids is 1. The largest absolute Gasteiger partial charge is 0.481 e. The molecule has 0 heterocycles.